The van der Waals surface area contributed by atoms with E-state index in [1.54, 1.807) is 7.11 Å². The normalized spacial score (nSPS) is 16.7. The van der Waals surface area contributed by atoms with Crippen LogP contribution in [-0.2, 0) is 19.3 Å². The minimum Gasteiger partial charge on any atom is -0.497 e. The molecular formula is C21H27N3O2. The first-order valence-corrected chi connectivity index (χ1v) is 9.69. The summed E-state index contributed by atoms with van der Waals surface area (Å²) in [7, 11) is 1.69. The number of fused-ring (bicyclic) bond motifs is 1. The van der Waals surface area contributed by atoms with Crippen LogP contribution in [-0.4, -0.2) is 36.8 Å². The second-order valence-electron chi connectivity index (χ2n) is 7.14. The molecule has 0 unspecified atom stereocenters. The lowest BCUT2D eigenvalue weighted by molar-refractivity contribution is 0.293. The number of nitrogens with one attached hydrogen (secondary N) is 1. The Hall–Kier alpha value is -2.14. The molecule has 5 nitrogen and oxygen atoms in total. The molecule has 0 radical (unpaired) electrons. The van der Waals surface area contributed by atoms with Gasteiger partial charge in [0.25, 0.3) is 0 Å². The van der Waals surface area contributed by atoms with E-state index in [1.807, 2.05) is 12.1 Å². The third kappa shape index (κ3) is 4.15. The number of hydrogen-bond donors (Lipinski definition) is 1. The van der Waals surface area contributed by atoms with Gasteiger partial charge in [-0.1, -0.05) is 12.1 Å². The van der Waals surface area contributed by atoms with Gasteiger partial charge < -0.3 is 14.8 Å². The average Bonchev–Trinajstić information content (AvgIpc) is 3.52. The van der Waals surface area contributed by atoms with Gasteiger partial charge in [0.2, 0.25) is 5.88 Å². The lowest BCUT2D eigenvalue weighted by atomic mass is 10.1. The zero-order valence-electron chi connectivity index (χ0n) is 15.5. The summed E-state index contributed by atoms with van der Waals surface area (Å²) in [5.74, 6) is 3.28. The van der Waals surface area contributed by atoms with E-state index in [4.69, 9.17) is 19.4 Å². The van der Waals surface area contributed by atoms with Crippen molar-refractivity contribution in [1.29, 1.82) is 0 Å². The van der Waals surface area contributed by atoms with Crippen molar-refractivity contribution in [3.63, 3.8) is 0 Å². The summed E-state index contributed by atoms with van der Waals surface area (Å²) in [4.78, 5) is 9.62. The Balaban J connectivity index is 1.39. The van der Waals surface area contributed by atoms with Crippen molar-refractivity contribution >= 4 is 0 Å². The minimum atomic E-state index is 0.554. The van der Waals surface area contributed by atoms with Crippen LogP contribution in [0.25, 0.3) is 0 Å². The van der Waals surface area contributed by atoms with Gasteiger partial charge >= 0.3 is 0 Å². The van der Waals surface area contributed by atoms with E-state index >= 15 is 0 Å². The molecule has 26 heavy (non-hydrogen) atoms. The summed E-state index contributed by atoms with van der Waals surface area (Å²) in [5.41, 5.74) is 3.71. The molecule has 5 heteroatoms. The number of aryl methyl sites for hydroxylation is 1. The molecular weight excluding hydrogens is 326 g/mol. The molecule has 1 saturated carbocycles. The molecule has 1 aliphatic carbocycles. The number of benzene rings is 1. The van der Waals surface area contributed by atoms with E-state index < -0.39 is 0 Å². The Morgan fingerprint density at radius 2 is 1.88 bits per heavy atom. The summed E-state index contributed by atoms with van der Waals surface area (Å²) < 4.78 is 11.3. The summed E-state index contributed by atoms with van der Waals surface area (Å²) in [5, 5.41) is 3.45. The Morgan fingerprint density at radius 1 is 1.08 bits per heavy atom. The van der Waals surface area contributed by atoms with Gasteiger partial charge in [-0.05, 0) is 56.3 Å². The Kier molecular flexibility index (Phi) is 5.34. The Labute approximate surface area is 155 Å². The van der Waals surface area contributed by atoms with Gasteiger partial charge in [-0.3, -0.25) is 0 Å². The maximum Gasteiger partial charge on any atom is 0.220 e. The van der Waals surface area contributed by atoms with Gasteiger partial charge in [0, 0.05) is 24.4 Å². The fourth-order valence-electron chi connectivity index (χ4n) is 3.41. The van der Waals surface area contributed by atoms with Crippen molar-refractivity contribution < 1.29 is 9.47 Å². The SMILES string of the molecule is COc1ccc(CCCOc2nc(C3CC3)nc3c2CCNCC3)cc1. The summed E-state index contributed by atoms with van der Waals surface area (Å²) in [6.45, 7) is 2.65. The molecule has 2 aromatic rings. The highest BCUT2D eigenvalue weighted by molar-refractivity contribution is 5.34. The summed E-state index contributed by atoms with van der Waals surface area (Å²) >= 11 is 0. The topological polar surface area (TPSA) is 56.3 Å². The van der Waals surface area contributed by atoms with Crippen LogP contribution in [0.1, 0.15) is 47.8 Å². The molecule has 2 heterocycles. The van der Waals surface area contributed by atoms with Crippen molar-refractivity contribution in [2.45, 2.75) is 44.4 Å². The van der Waals surface area contributed by atoms with Crippen molar-refractivity contribution in [3.05, 3.63) is 46.9 Å². The molecule has 1 N–H and O–H groups in total. The molecule has 4 rings (SSSR count). The first-order valence-electron chi connectivity index (χ1n) is 9.69. The van der Waals surface area contributed by atoms with Crippen molar-refractivity contribution in [2.75, 3.05) is 26.8 Å². The molecule has 1 fully saturated rings. The molecule has 1 aliphatic heterocycles. The van der Waals surface area contributed by atoms with Crippen LogP contribution in [0.3, 0.4) is 0 Å². The molecule has 0 amide bonds. The van der Waals surface area contributed by atoms with Gasteiger partial charge in [0.1, 0.15) is 11.6 Å². The van der Waals surface area contributed by atoms with Crippen molar-refractivity contribution in [2.24, 2.45) is 0 Å². The molecule has 1 aromatic heterocycles. The van der Waals surface area contributed by atoms with Gasteiger partial charge in [-0.25, -0.2) is 4.98 Å². The van der Waals surface area contributed by atoms with E-state index in [-0.39, 0.29) is 0 Å². The van der Waals surface area contributed by atoms with Gasteiger partial charge in [0.05, 0.1) is 19.4 Å². The number of methoxy groups -OCH3 is 1. The van der Waals surface area contributed by atoms with Crippen molar-refractivity contribution in [1.82, 2.24) is 15.3 Å². The predicted molar refractivity (Wildman–Crippen MR) is 101 cm³/mol. The van der Waals surface area contributed by atoms with Crippen molar-refractivity contribution in [3.8, 4) is 11.6 Å². The first kappa shape index (κ1) is 17.3. The average molecular weight is 353 g/mol. The largest absolute Gasteiger partial charge is 0.497 e. The number of ether oxygens (including phenoxy) is 2. The van der Waals surface area contributed by atoms with E-state index in [9.17, 15) is 0 Å². The van der Waals surface area contributed by atoms with E-state index in [0.29, 0.717) is 12.5 Å². The third-order valence-corrected chi connectivity index (χ3v) is 5.11. The molecule has 1 aromatic carbocycles. The Bertz CT molecular complexity index is 742. The lowest BCUT2D eigenvalue weighted by Gasteiger charge is -2.14. The fourth-order valence-corrected chi connectivity index (χ4v) is 3.41. The van der Waals surface area contributed by atoms with Gasteiger partial charge in [-0.2, -0.15) is 4.98 Å². The standard InChI is InChI=1S/C21H27N3O2/c1-25-17-8-4-15(5-9-17)3-2-14-26-21-18-10-12-22-13-11-19(18)23-20(24-21)16-6-7-16/h4-5,8-9,16,22H,2-3,6-7,10-14H2,1H3. The minimum absolute atomic E-state index is 0.554. The molecule has 0 bridgehead atoms. The first-order chi connectivity index (χ1) is 12.8. The number of aromatic nitrogens is 2. The van der Waals surface area contributed by atoms with Crippen LogP contribution in [0, 0.1) is 0 Å². The highest BCUT2D eigenvalue weighted by atomic mass is 16.5. The van der Waals surface area contributed by atoms with Gasteiger partial charge in [0.15, 0.2) is 0 Å². The fraction of sp³-hybridized carbons (Fsp3) is 0.524. The van der Waals surface area contributed by atoms with E-state index in [1.165, 1.54) is 29.7 Å². The van der Waals surface area contributed by atoms with E-state index in [2.05, 4.69) is 17.4 Å². The molecule has 0 spiro atoms. The van der Waals surface area contributed by atoms with Crippen LogP contribution < -0.4 is 14.8 Å². The number of hydrogen-bond acceptors (Lipinski definition) is 5. The highest BCUT2D eigenvalue weighted by Crippen LogP contribution is 2.39. The quantitative estimate of drug-likeness (QED) is 0.776. The maximum atomic E-state index is 6.14. The summed E-state index contributed by atoms with van der Waals surface area (Å²) in [6.07, 6.45) is 6.33. The number of rotatable bonds is 7. The maximum absolute atomic E-state index is 6.14. The second-order valence-corrected chi connectivity index (χ2v) is 7.14. The zero-order chi connectivity index (χ0) is 17.8. The van der Waals surface area contributed by atoms with E-state index in [0.717, 1.165) is 56.2 Å². The second kappa shape index (κ2) is 8.04. The number of nitrogens with zero attached hydrogens (tertiary/aromatic N) is 2. The lowest BCUT2D eigenvalue weighted by Crippen LogP contribution is -2.16. The zero-order valence-corrected chi connectivity index (χ0v) is 15.5. The summed E-state index contributed by atoms with van der Waals surface area (Å²) in [6, 6.07) is 8.25. The molecule has 138 valence electrons. The van der Waals surface area contributed by atoms with Gasteiger partial charge in [-0.15, -0.1) is 0 Å². The van der Waals surface area contributed by atoms with Crippen LogP contribution in [0.5, 0.6) is 11.6 Å². The highest BCUT2D eigenvalue weighted by Gasteiger charge is 2.29. The predicted octanol–water partition coefficient (Wildman–Crippen LogP) is 3.06. The monoisotopic (exact) mass is 353 g/mol. The molecule has 2 aliphatic rings. The van der Waals surface area contributed by atoms with Crippen LogP contribution in [0.15, 0.2) is 24.3 Å². The molecule has 0 saturated heterocycles. The van der Waals surface area contributed by atoms with Crippen LogP contribution in [0.4, 0.5) is 0 Å². The molecule has 0 atom stereocenters. The van der Waals surface area contributed by atoms with Crippen LogP contribution in [0.2, 0.25) is 0 Å². The van der Waals surface area contributed by atoms with Crippen LogP contribution >= 0.6 is 0 Å². The smallest absolute Gasteiger partial charge is 0.220 e. The Morgan fingerprint density at radius 3 is 2.65 bits per heavy atom. The third-order valence-electron chi connectivity index (χ3n) is 5.11.